The summed E-state index contributed by atoms with van der Waals surface area (Å²) >= 11 is 1.68. The second kappa shape index (κ2) is 10.1. The van der Waals surface area contributed by atoms with Gasteiger partial charge in [-0.1, -0.05) is 25.1 Å². The van der Waals surface area contributed by atoms with Crippen molar-refractivity contribution in [3.8, 4) is 0 Å². The molecule has 5 nitrogen and oxygen atoms in total. The van der Waals surface area contributed by atoms with Crippen LogP contribution < -0.4 is 5.32 Å². The molecule has 0 spiro atoms. The van der Waals surface area contributed by atoms with E-state index >= 15 is 0 Å². The van der Waals surface area contributed by atoms with Gasteiger partial charge >= 0.3 is 0 Å². The van der Waals surface area contributed by atoms with Crippen molar-refractivity contribution in [1.82, 2.24) is 20.2 Å². The predicted molar refractivity (Wildman–Crippen MR) is 126 cm³/mol. The molecule has 0 fully saturated rings. The number of hydrogen-bond donors (Lipinski definition) is 2. The lowest BCUT2D eigenvalue weighted by molar-refractivity contribution is 0.471. The van der Waals surface area contributed by atoms with Crippen molar-refractivity contribution in [2.24, 2.45) is 4.99 Å². The highest BCUT2D eigenvalue weighted by Crippen LogP contribution is 2.22. The molecule has 0 aliphatic carbocycles. The standard InChI is InChI=1S/C20H27N5S.HI/c1-5-15-7-6-8-18-16(11-23-19(15)18)9-10-22-20(21-3)25(4)12-17-13-26-14(2)24-17;/h6-8,11,13,23H,5,9-10,12H2,1-4H3,(H,21,22);1H. The van der Waals surface area contributed by atoms with Crippen LogP contribution in [0.25, 0.3) is 10.9 Å². The van der Waals surface area contributed by atoms with Crippen LogP contribution >= 0.6 is 35.3 Å². The molecule has 0 aliphatic rings. The van der Waals surface area contributed by atoms with E-state index in [1.54, 1.807) is 11.3 Å². The molecule has 2 aromatic heterocycles. The third-order valence-corrected chi connectivity index (χ3v) is 5.41. The van der Waals surface area contributed by atoms with Crippen molar-refractivity contribution in [3.05, 3.63) is 51.6 Å². The Kier molecular flexibility index (Phi) is 8.09. The lowest BCUT2D eigenvalue weighted by Crippen LogP contribution is -2.39. The van der Waals surface area contributed by atoms with Crippen LogP contribution in [0.4, 0.5) is 0 Å². The summed E-state index contributed by atoms with van der Waals surface area (Å²) in [5.41, 5.74) is 5.07. The fraction of sp³-hybridized carbons (Fsp3) is 0.400. The summed E-state index contributed by atoms with van der Waals surface area (Å²) in [4.78, 5) is 14.5. The molecule has 0 amide bonds. The molecule has 3 rings (SSSR count). The van der Waals surface area contributed by atoms with Crippen LogP contribution in [-0.4, -0.2) is 41.5 Å². The van der Waals surface area contributed by atoms with E-state index in [1.807, 2.05) is 21.0 Å². The van der Waals surface area contributed by atoms with E-state index < -0.39 is 0 Å². The SMILES string of the molecule is CCc1cccc2c(CCNC(=NC)N(C)Cc3csc(C)n3)c[nH]c12.I. The zero-order valence-corrected chi connectivity index (χ0v) is 19.5. The Balaban J connectivity index is 0.00000261. The van der Waals surface area contributed by atoms with Gasteiger partial charge in [0.25, 0.3) is 0 Å². The Morgan fingerprint density at radius 1 is 1.33 bits per heavy atom. The number of rotatable bonds is 6. The number of hydrogen-bond acceptors (Lipinski definition) is 3. The van der Waals surface area contributed by atoms with Gasteiger partial charge in [-0.2, -0.15) is 0 Å². The molecule has 7 heteroatoms. The second-order valence-electron chi connectivity index (χ2n) is 6.45. The minimum atomic E-state index is 0. The van der Waals surface area contributed by atoms with E-state index in [1.165, 1.54) is 22.0 Å². The molecule has 0 aliphatic heterocycles. The van der Waals surface area contributed by atoms with Gasteiger partial charge in [0.15, 0.2) is 5.96 Å². The van der Waals surface area contributed by atoms with E-state index in [4.69, 9.17) is 0 Å². The number of halogens is 1. The highest BCUT2D eigenvalue weighted by Gasteiger charge is 2.10. The highest BCUT2D eigenvalue weighted by atomic mass is 127. The summed E-state index contributed by atoms with van der Waals surface area (Å²) in [5.74, 6) is 0.893. The van der Waals surface area contributed by atoms with Crippen LogP contribution in [0, 0.1) is 6.92 Å². The molecule has 0 saturated carbocycles. The van der Waals surface area contributed by atoms with E-state index in [0.29, 0.717) is 0 Å². The van der Waals surface area contributed by atoms with Crippen LogP contribution in [0.1, 0.15) is 28.8 Å². The van der Waals surface area contributed by atoms with Gasteiger partial charge in [-0.05, 0) is 30.9 Å². The third-order valence-electron chi connectivity index (χ3n) is 4.58. The molecule has 146 valence electrons. The molecule has 0 saturated heterocycles. The third kappa shape index (κ3) is 5.22. The zero-order valence-electron chi connectivity index (χ0n) is 16.4. The monoisotopic (exact) mass is 497 g/mol. The number of nitrogens with one attached hydrogen (secondary N) is 2. The number of nitrogens with zero attached hydrogens (tertiary/aromatic N) is 3. The maximum Gasteiger partial charge on any atom is 0.193 e. The number of aromatic amines is 1. The summed E-state index contributed by atoms with van der Waals surface area (Å²) in [6, 6.07) is 6.54. The molecule has 2 N–H and O–H groups in total. The van der Waals surface area contributed by atoms with Gasteiger partial charge in [0, 0.05) is 43.1 Å². The molecular formula is C20H28IN5S. The number of benzene rings is 1. The van der Waals surface area contributed by atoms with Gasteiger partial charge in [-0.3, -0.25) is 4.99 Å². The van der Waals surface area contributed by atoms with E-state index in [9.17, 15) is 0 Å². The fourth-order valence-corrected chi connectivity index (χ4v) is 3.87. The van der Waals surface area contributed by atoms with E-state index in [-0.39, 0.29) is 24.0 Å². The molecular weight excluding hydrogens is 469 g/mol. The van der Waals surface area contributed by atoms with Crippen molar-refractivity contribution >= 4 is 52.2 Å². The van der Waals surface area contributed by atoms with Crippen LogP contribution in [0.15, 0.2) is 34.8 Å². The van der Waals surface area contributed by atoms with Crippen LogP contribution in [-0.2, 0) is 19.4 Å². The molecule has 0 radical (unpaired) electrons. The number of aliphatic imine (C=N–C) groups is 1. The van der Waals surface area contributed by atoms with Crippen molar-refractivity contribution in [1.29, 1.82) is 0 Å². The highest BCUT2D eigenvalue weighted by molar-refractivity contribution is 14.0. The fourth-order valence-electron chi connectivity index (χ4n) is 3.27. The summed E-state index contributed by atoms with van der Waals surface area (Å²) in [6.45, 7) is 5.83. The summed E-state index contributed by atoms with van der Waals surface area (Å²) in [6.07, 6.45) is 4.13. The van der Waals surface area contributed by atoms with Crippen molar-refractivity contribution in [2.45, 2.75) is 33.2 Å². The lowest BCUT2D eigenvalue weighted by Gasteiger charge is -2.21. The van der Waals surface area contributed by atoms with Crippen molar-refractivity contribution in [3.63, 3.8) is 0 Å². The lowest BCUT2D eigenvalue weighted by atomic mass is 10.1. The topological polar surface area (TPSA) is 56.3 Å². The van der Waals surface area contributed by atoms with Gasteiger partial charge in [-0.25, -0.2) is 4.98 Å². The molecule has 0 atom stereocenters. The Bertz CT molecular complexity index is 899. The molecule has 1 aromatic carbocycles. The molecule has 0 bridgehead atoms. The first-order valence-corrected chi connectivity index (χ1v) is 9.91. The van der Waals surface area contributed by atoms with E-state index in [2.05, 4.69) is 61.9 Å². The predicted octanol–water partition coefficient (Wildman–Crippen LogP) is 4.36. The minimum absolute atomic E-state index is 0. The van der Waals surface area contributed by atoms with Gasteiger partial charge in [0.2, 0.25) is 0 Å². The summed E-state index contributed by atoms with van der Waals surface area (Å²) in [7, 11) is 3.87. The molecule has 2 heterocycles. The van der Waals surface area contributed by atoms with Gasteiger partial charge in [0.1, 0.15) is 0 Å². The Morgan fingerprint density at radius 2 is 2.15 bits per heavy atom. The van der Waals surface area contributed by atoms with Crippen molar-refractivity contribution < 1.29 is 0 Å². The summed E-state index contributed by atoms with van der Waals surface area (Å²) in [5, 5.41) is 8.00. The smallest absolute Gasteiger partial charge is 0.193 e. The maximum atomic E-state index is 4.53. The largest absolute Gasteiger partial charge is 0.361 e. The maximum absolute atomic E-state index is 4.53. The number of guanidine groups is 1. The zero-order chi connectivity index (χ0) is 18.5. The number of para-hydroxylation sites is 1. The average molecular weight is 497 g/mol. The van der Waals surface area contributed by atoms with Crippen LogP contribution in [0.3, 0.4) is 0 Å². The first-order valence-electron chi connectivity index (χ1n) is 9.03. The number of aromatic nitrogens is 2. The Hall–Kier alpha value is -1.61. The van der Waals surface area contributed by atoms with Crippen LogP contribution in [0.2, 0.25) is 0 Å². The second-order valence-corrected chi connectivity index (χ2v) is 7.51. The van der Waals surface area contributed by atoms with Gasteiger partial charge in [-0.15, -0.1) is 35.3 Å². The Morgan fingerprint density at radius 3 is 2.81 bits per heavy atom. The normalized spacial score (nSPS) is 11.5. The molecule has 27 heavy (non-hydrogen) atoms. The van der Waals surface area contributed by atoms with Gasteiger partial charge in [0.05, 0.1) is 17.2 Å². The van der Waals surface area contributed by atoms with Gasteiger partial charge < -0.3 is 15.2 Å². The average Bonchev–Trinajstić information content (AvgIpc) is 3.24. The van der Waals surface area contributed by atoms with Crippen molar-refractivity contribution in [2.75, 3.05) is 20.6 Å². The first kappa shape index (κ1) is 21.7. The number of aryl methyl sites for hydroxylation is 2. The Labute approximate surface area is 182 Å². The van der Waals surface area contributed by atoms with Crippen LogP contribution in [0.5, 0.6) is 0 Å². The summed E-state index contributed by atoms with van der Waals surface area (Å²) < 4.78 is 0. The quantitative estimate of drug-likeness (QED) is 0.302. The first-order chi connectivity index (χ1) is 12.6. The number of fused-ring (bicyclic) bond motifs is 1. The number of thiazole rings is 1. The van der Waals surface area contributed by atoms with E-state index in [0.717, 1.165) is 42.6 Å². The number of H-pyrrole nitrogens is 1. The molecule has 0 unspecified atom stereocenters. The minimum Gasteiger partial charge on any atom is -0.361 e. The molecule has 3 aromatic rings.